The lowest BCUT2D eigenvalue weighted by Gasteiger charge is -2.08. The second-order valence-electron chi connectivity index (χ2n) is 2.24. The minimum Gasteiger partial charge on any atom is -0.193 e. The summed E-state index contributed by atoms with van der Waals surface area (Å²) in [5, 5.41) is 19.4. The molecule has 0 fully saturated rings. The molecule has 0 aromatic heterocycles. The average molecular weight is 197 g/mol. The monoisotopic (exact) mass is 196 g/mol. The van der Waals surface area contributed by atoms with Crippen LogP contribution >= 0.6 is 23.4 Å². The van der Waals surface area contributed by atoms with E-state index in [1.165, 1.54) is 0 Å². The van der Waals surface area contributed by atoms with E-state index in [0.29, 0.717) is 17.0 Å². The number of thioether (sulfide) groups is 1. The highest BCUT2D eigenvalue weighted by molar-refractivity contribution is 8.07. The number of rotatable bonds is 1. The van der Waals surface area contributed by atoms with E-state index < -0.39 is 0 Å². The molecule has 0 unspecified atom stereocenters. The average Bonchev–Trinajstić information content (AvgIpc) is 2.05. The van der Waals surface area contributed by atoms with Crippen LogP contribution < -0.4 is 0 Å². The Morgan fingerprint density at radius 1 is 1.42 bits per heavy atom. The molecule has 0 amide bonds. The van der Waals surface area contributed by atoms with Crippen LogP contribution in [0, 0.1) is 22.0 Å². The molecule has 1 aliphatic rings. The molecule has 0 saturated carbocycles. The molecule has 1 rings (SSSR count). The molecule has 0 atom stereocenters. The van der Waals surface area contributed by atoms with Crippen molar-refractivity contribution in [1.29, 1.82) is 10.5 Å². The predicted molar refractivity (Wildman–Crippen MR) is 49.0 cm³/mol. The Bertz CT molecular complexity index is 330. The Balaban J connectivity index is 2.84. The summed E-state index contributed by atoms with van der Waals surface area (Å²) in [7, 11) is 0. The Morgan fingerprint density at radius 3 is 2.67 bits per heavy atom. The number of nitriles is 2. The van der Waals surface area contributed by atoms with Crippen molar-refractivity contribution in [2.75, 3.05) is 0 Å². The smallest absolute Gasteiger partial charge is 0.138 e. The lowest BCUT2D eigenvalue weighted by molar-refractivity contribution is 0.976. The summed E-state index contributed by atoms with van der Waals surface area (Å²) in [5.74, 6) is 0. The molecule has 1 aliphatic carbocycles. The van der Waals surface area contributed by atoms with Crippen molar-refractivity contribution in [3.05, 3.63) is 21.6 Å². The van der Waals surface area contributed by atoms with Gasteiger partial charge in [-0.05, 0) is 30.7 Å². The molecular formula is C8H5ClN2S. The first-order valence-corrected chi connectivity index (χ1v) is 4.52. The van der Waals surface area contributed by atoms with Crippen molar-refractivity contribution in [1.82, 2.24) is 0 Å². The number of halogens is 1. The standard InChI is InChI=1S/C8H5ClN2S/c9-8-3-7(12-5-11)2-1-6(8)4-10/h3H,1-2H2. The molecule has 4 heteroatoms. The van der Waals surface area contributed by atoms with Crippen molar-refractivity contribution >= 4 is 23.4 Å². The number of thiocyanates is 1. The number of hydrogen-bond donors (Lipinski definition) is 0. The maximum Gasteiger partial charge on any atom is 0.138 e. The van der Waals surface area contributed by atoms with Crippen LogP contribution in [0.5, 0.6) is 0 Å². The fourth-order valence-corrected chi connectivity index (χ4v) is 1.75. The van der Waals surface area contributed by atoms with Crippen molar-refractivity contribution in [3.63, 3.8) is 0 Å². The molecule has 0 heterocycles. The van der Waals surface area contributed by atoms with Crippen molar-refractivity contribution in [2.45, 2.75) is 12.8 Å². The molecule has 0 N–H and O–H groups in total. The van der Waals surface area contributed by atoms with E-state index in [0.717, 1.165) is 23.1 Å². The van der Waals surface area contributed by atoms with E-state index in [2.05, 4.69) is 0 Å². The third-order valence-electron chi connectivity index (χ3n) is 1.51. The van der Waals surface area contributed by atoms with Crippen LogP contribution in [-0.4, -0.2) is 0 Å². The first-order chi connectivity index (χ1) is 5.77. The third-order valence-corrected chi connectivity index (χ3v) is 2.52. The maximum atomic E-state index is 8.58. The van der Waals surface area contributed by atoms with E-state index in [9.17, 15) is 0 Å². The summed E-state index contributed by atoms with van der Waals surface area (Å²) in [5.41, 5.74) is 0.610. The van der Waals surface area contributed by atoms with E-state index in [-0.39, 0.29) is 0 Å². The van der Waals surface area contributed by atoms with Crippen molar-refractivity contribution in [3.8, 4) is 11.5 Å². The summed E-state index contributed by atoms with van der Waals surface area (Å²) >= 11 is 6.88. The Morgan fingerprint density at radius 2 is 2.17 bits per heavy atom. The van der Waals surface area contributed by atoms with Crippen LogP contribution in [0.4, 0.5) is 0 Å². The highest BCUT2D eigenvalue weighted by Crippen LogP contribution is 2.31. The summed E-state index contributed by atoms with van der Waals surface area (Å²) in [6.45, 7) is 0. The van der Waals surface area contributed by atoms with Gasteiger partial charge in [-0.1, -0.05) is 11.6 Å². The molecule has 0 aliphatic heterocycles. The fraction of sp³-hybridized carbons (Fsp3) is 0.250. The van der Waals surface area contributed by atoms with Crippen LogP contribution in [0.3, 0.4) is 0 Å². The molecule has 0 radical (unpaired) electrons. The van der Waals surface area contributed by atoms with Gasteiger partial charge in [-0.2, -0.15) is 10.5 Å². The molecule has 60 valence electrons. The van der Waals surface area contributed by atoms with E-state index >= 15 is 0 Å². The van der Waals surface area contributed by atoms with Crippen LogP contribution in [-0.2, 0) is 0 Å². The van der Waals surface area contributed by atoms with Gasteiger partial charge in [0.05, 0.1) is 11.1 Å². The molecular weight excluding hydrogens is 192 g/mol. The van der Waals surface area contributed by atoms with Gasteiger partial charge in [0, 0.05) is 10.5 Å². The van der Waals surface area contributed by atoms with E-state index in [1.54, 1.807) is 6.08 Å². The minimum absolute atomic E-state index is 0.474. The summed E-state index contributed by atoms with van der Waals surface area (Å²) in [4.78, 5) is 0.932. The van der Waals surface area contributed by atoms with Gasteiger partial charge in [0.2, 0.25) is 0 Å². The zero-order valence-electron chi connectivity index (χ0n) is 6.17. The topological polar surface area (TPSA) is 47.6 Å². The summed E-state index contributed by atoms with van der Waals surface area (Å²) in [6.07, 6.45) is 3.09. The molecule has 0 aromatic rings. The van der Waals surface area contributed by atoms with Gasteiger partial charge in [-0.3, -0.25) is 0 Å². The predicted octanol–water partition coefficient (Wildman–Crippen LogP) is 2.89. The highest BCUT2D eigenvalue weighted by Gasteiger charge is 2.11. The second kappa shape index (κ2) is 4.21. The zero-order chi connectivity index (χ0) is 8.97. The van der Waals surface area contributed by atoms with Gasteiger partial charge in [-0.15, -0.1) is 0 Å². The van der Waals surface area contributed by atoms with Crippen LogP contribution in [0.15, 0.2) is 21.6 Å². The van der Waals surface area contributed by atoms with Gasteiger partial charge < -0.3 is 0 Å². The normalized spacial score (nSPS) is 16.4. The molecule has 0 aromatic carbocycles. The largest absolute Gasteiger partial charge is 0.193 e. The van der Waals surface area contributed by atoms with E-state index in [1.807, 2.05) is 11.5 Å². The van der Waals surface area contributed by atoms with Gasteiger partial charge in [0.25, 0.3) is 0 Å². The first-order valence-electron chi connectivity index (χ1n) is 3.33. The second-order valence-corrected chi connectivity index (χ2v) is 3.56. The number of hydrogen-bond acceptors (Lipinski definition) is 3. The van der Waals surface area contributed by atoms with Crippen LogP contribution in [0.25, 0.3) is 0 Å². The lowest BCUT2D eigenvalue weighted by atomic mass is 10.1. The van der Waals surface area contributed by atoms with E-state index in [4.69, 9.17) is 22.1 Å². The number of nitrogens with zero attached hydrogens (tertiary/aromatic N) is 2. The van der Waals surface area contributed by atoms with Gasteiger partial charge >= 0.3 is 0 Å². The maximum absolute atomic E-state index is 8.58. The number of allylic oxidation sites excluding steroid dienone is 4. The molecule has 12 heavy (non-hydrogen) atoms. The van der Waals surface area contributed by atoms with Gasteiger partial charge in [0.15, 0.2) is 0 Å². The fourth-order valence-electron chi connectivity index (χ4n) is 0.917. The molecule has 2 nitrogen and oxygen atoms in total. The van der Waals surface area contributed by atoms with Gasteiger partial charge in [-0.25, -0.2) is 0 Å². The summed E-state index contributed by atoms with van der Waals surface area (Å²) in [6, 6.07) is 2.03. The first kappa shape index (κ1) is 9.19. The zero-order valence-corrected chi connectivity index (χ0v) is 7.74. The molecule has 0 bridgehead atoms. The third kappa shape index (κ3) is 2.04. The molecule has 0 spiro atoms. The Hall–Kier alpha value is -0.900. The van der Waals surface area contributed by atoms with Crippen molar-refractivity contribution < 1.29 is 0 Å². The lowest BCUT2D eigenvalue weighted by Crippen LogP contribution is -1.91. The quantitative estimate of drug-likeness (QED) is 0.606. The van der Waals surface area contributed by atoms with Crippen molar-refractivity contribution in [2.24, 2.45) is 0 Å². The SMILES string of the molecule is N#CSC1=CC(Cl)=C(C#N)CC1. The van der Waals surface area contributed by atoms with Crippen LogP contribution in [0.2, 0.25) is 0 Å². The van der Waals surface area contributed by atoms with Gasteiger partial charge in [0.1, 0.15) is 5.40 Å². The van der Waals surface area contributed by atoms with Crippen LogP contribution in [0.1, 0.15) is 12.8 Å². The molecule has 0 saturated heterocycles. The Kier molecular flexibility index (Phi) is 3.22. The summed E-state index contributed by atoms with van der Waals surface area (Å²) < 4.78 is 0. The highest BCUT2D eigenvalue weighted by atomic mass is 35.5. The minimum atomic E-state index is 0.474. The Labute approximate surface area is 80.1 Å².